The Balaban J connectivity index is 1.53. The molecule has 0 amide bonds. The zero-order valence-corrected chi connectivity index (χ0v) is 16.8. The Labute approximate surface area is 178 Å². The molecule has 13 nitrogen and oxygen atoms in total. The summed E-state index contributed by atoms with van der Waals surface area (Å²) >= 11 is 0. The van der Waals surface area contributed by atoms with Gasteiger partial charge in [0.15, 0.2) is 12.6 Å². The van der Waals surface area contributed by atoms with Crippen LogP contribution in [0, 0.1) is 0 Å². The van der Waals surface area contributed by atoms with Gasteiger partial charge in [-0.2, -0.15) is 0 Å². The summed E-state index contributed by atoms with van der Waals surface area (Å²) in [6, 6.07) is 0. The van der Waals surface area contributed by atoms with E-state index in [-0.39, 0.29) is 26.1 Å². The molecular formula is C18H32O13. The van der Waals surface area contributed by atoms with Crippen molar-refractivity contribution in [2.24, 2.45) is 0 Å². The Hall–Kier alpha value is -0.520. The molecule has 0 radical (unpaired) electrons. The molecular weight excluding hydrogens is 424 g/mol. The molecule has 3 rings (SSSR count). The van der Waals surface area contributed by atoms with Crippen molar-refractivity contribution in [1.82, 2.24) is 0 Å². The second kappa shape index (κ2) is 11.1. The van der Waals surface area contributed by atoms with Crippen molar-refractivity contribution in [3.05, 3.63) is 0 Å². The van der Waals surface area contributed by atoms with Gasteiger partial charge in [-0.15, -0.1) is 0 Å². The van der Waals surface area contributed by atoms with Crippen molar-refractivity contribution < 1.29 is 64.5 Å². The molecule has 31 heavy (non-hydrogen) atoms. The minimum Gasteiger partial charge on any atom is -0.394 e. The molecule has 12 atom stereocenters. The molecule has 0 spiro atoms. The lowest BCUT2D eigenvalue weighted by molar-refractivity contribution is -0.326. The number of hydrogen-bond donors (Lipinski definition) is 8. The summed E-state index contributed by atoms with van der Waals surface area (Å²) in [6.07, 6.45) is -13.8. The second-order valence-corrected chi connectivity index (χ2v) is 8.06. The van der Waals surface area contributed by atoms with E-state index in [0.717, 1.165) is 0 Å². The lowest BCUT2D eigenvalue weighted by atomic mass is 9.98. The van der Waals surface area contributed by atoms with E-state index < -0.39 is 86.8 Å². The molecule has 3 aliphatic rings. The first-order valence-electron chi connectivity index (χ1n) is 10.2. The maximum Gasteiger partial charge on any atom is 0.187 e. The average Bonchev–Trinajstić information content (AvgIpc) is 2.75. The van der Waals surface area contributed by atoms with Crippen molar-refractivity contribution in [2.75, 3.05) is 26.4 Å². The van der Waals surface area contributed by atoms with E-state index in [0.29, 0.717) is 0 Å². The van der Waals surface area contributed by atoms with Crippen LogP contribution in [0.3, 0.4) is 0 Å². The first-order valence-corrected chi connectivity index (χ1v) is 10.2. The van der Waals surface area contributed by atoms with E-state index >= 15 is 0 Å². The highest BCUT2D eigenvalue weighted by atomic mass is 16.7. The van der Waals surface area contributed by atoms with Crippen LogP contribution in [0.4, 0.5) is 0 Å². The van der Waals surface area contributed by atoms with Gasteiger partial charge in [-0.3, -0.25) is 0 Å². The molecule has 0 saturated carbocycles. The second-order valence-electron chi connectivity index (χ2n) is 8.06. The standard InChI is InChI=1S/C18H32O13/c19-3-12-8(21)2-9(22)17(30-12)28-5-7-1-11(10(23)6-27-7)29-18-16(26)15(25)14(24)13(4-20)31-18/h7-26H,1-6H2/t7?,8-,9?,10?,11?,12?,13?,14+,15?,16?,17-,18-/m0/s1. The van der Waals surface area contributed by atoms with Crippen molar-refractivity contribution in [2.45, 2.75) is 86.5 Å². The molecule has 8 N–H and O–H groups in total. The van der Waals surface area contributed by atoms with Crippen LogP contribution in [0.1, 0.15) is 12.8 Å². The lowest BCUT2D eigenvalue weighted by Gasteiger charge is -2.43. The van der Waals surface area contributed by atoms with Gasteiger partial charge in [-0.25, -0.2) is 0 Å². The van der Waals surface area contributed by atoms with Crippen molar-refractivity contribution >= 4 is 0 Å². The van der Waals surface area contributed by atoms with E-state index in [1.807, 2.05) is 0 Å². The lowest BCUT2D eigenvalue weighted by Crippen LogP contribution is -2.60. The Bertz CT molecular complexity index is 551. The first-order chi connectivity index (χ1) is 14.7. The largest absolute Gasteiger partial charge is 0.394 e. The molecule has 0 bridgehead atoms. The summed E-state index contributed by atoms with van der Waals surface area (Å²) in [4.78, 5) is 0. The summed E-state index contributed by atoms with van der Waals surface area (Å²) in [6.45, 7) is -1.22. The van der Waals surface area contributed by atoms with Crippen molar-refractivity contribution in [1.29, 1.82) is 0 Å². The van der Waals surface area contributed by atoms with Crippen molar-refractivity contribution in [3.63, 3.8) is 0 Å². The van der Waals surface area contributed by atoms with Gasteiger partial charge >= 0.3 is 0 Å². The molecule has 0 aromatic rings. The fourth-order valence-electron chi connectivity index (χ4n) is 3.82. The highest BCUT2D eigenvalue weighted by Gasteiger charge is 2.46. The van der Waals surface area contributed by atoms with Gasteiger partial charge in [-0.05, 0) is 0 Å². The Kier molecular flexibility index (Phi) is 8.97. The quantitative estimate of drug-likeness (QED) is 0.181. The maximum atomic E-state index is 10.2. The number of aliphatic hydroxyl groups excluding tert-OH is 8. The van der Waals surface area contributed by atoms with Crippen LogP contribution in [-0.4, -0.2) is 141 Å². The number of rotatable bonds is 7. The maximum absolute atomic E-state index is 10.2. The van der Waals surface area contributed by atoms with Gasteiger partial charge < -0.3 is 64.5 Å². The van der Waals surface area contributed by atoms with E-state index in [9.17, 15) is 40.9 Å². The van der Waals surface area contributed by atoms with Crippen LogP contribution in [0.2, 0.25) is 0 Å². The molecule has 182 valence electrons. The van der Waals surface area contributed by atoms with Gasteiger partial charge in [0, 0.05) is 12.8 Å². The van der Waals surface area contributed by atoms with Gasteiger partial charge in [0.25, 0.3) is 0 Å². The Morgan fingerprint density at radius 1 is 0.710 bits per heavy atom. The van der Waals surface area contributed by atoms with Crippen LogP contribution in [0.5, 0.6) is 0 Å². The van der Waals surface area contributed by atoms with E-state index in [1.54, 1.807) is 0 Å². The van der Waals surface area contributed by atoms with Gasteiger partial charge in [0.1, 0.15) is 42.7 Å². The highest BCUT2D eigenvalue weighted by Crippen LogP contribution is 2.27. The first kappa shape index (κ1) is 25.1. The minimum absolute atomic E-state index is 0.0248. The number of ether oxygens (including phenoxy) is 5. The molecule has 0 aromatic carbocycles. The van der Waals surface area contributed by atoms with Crippen LogP contribution in [0.25, 0.3) is 0 Å². The third kappa shape index (κ3) is 5.89. The smallest absolute Gasteiger partial charge is 0.187 e. The predicted molar refractivity (Wildman–Crippen MR) is 97.3 cm³/mol. The van der Waals surface area contributed by atoms with Crippen LogP contribution < -0.4 is 0 Å². The van der Waals surface area contributed by atoms with Gasteiger partial charge in [-0.1, -0.05) is 0 Å². The topological polar surface area (TPSA) is 208 Å². The fourth-order valence-corrected chi connectivity index (χ4v) is 3.82. The minimum atomic E-state index is -1.60. The summed E-state index contributed by atoms with van der Waals surface area (Å²) in [5.41, 5.74) is 0. The zero-order chi connectivity index (χ0) is 22.7. The van der Waals surface area contributed by atoms with Crippen LogP contribution in [-0.2, 0) is 23.7 Å². The normalized spacial score (nSPS) is 49.2. The van der Waals surface area contributed by atoms with Crippen molar-refractivity contribution in [3.8, 4) is 0 Å². The average molecular weight is 456 g/mol. The molecule has 0 aliphatic carbocycles. The Morgan fingerprint density at radius 2 is 1.39 bits per heavy atom. The Morgan fingerprint density at radius 3 is 2.06 bits per heavy atom. The van der Waals surface area contributed by atoms with Crippen LogP contribution in [0.15, 0.2) is 0 Å². The predicted octanol–water partition coefficient (Wildman–Crippen LogP) is -4.83. The summed E-state index contributed by atoms with van der Waals surface area (Å²) in [5, 5.41) is 78.3. The molecule has 3 heterocycles. The molecule has 8 unspecified atom stereocenters. The molecule has 13 heteroatoms. The number of aliphatic hydroxyl groups is 8. The third-order valence-corrected chi connectivity index (χ3v) is 5.75. The zero-order valence-electron chi connectivity index (χ0n) is 16.8. The molecule has 0 aromatic heterocycles. The van der Waals surface area contributed by atoms with Crippen LogP contribution >= 0.6 is 0 Å². The summed E-state index contributed by atoms with van der Waals surface area (Å²) in [7, 11) is 0. The van der Waals surface area contributed by atoms with E-state index in [4.69, 9.17) is 23.7 Å². The molecule has 3 aliphatic heterocycles. The molecule has 3 fully saturated rings. The molecule has 3 saturated heterocycles. The number of hydrogen-bond acceptors (Lipinski definition) is 13. The van der Waals surface area contributed by atoms with E-state index in [1.165, 1.54) is 0 Å². The third-order valence-electron chi connectivity index (χ3n) is 5.75. The summed E-state index contributed by atoms with van der Waals surface area (Å²) in [5.74, 6) is 0. The van der Waals surface area contributed by atoms with Gasteiger partial charge in [0.2, 0.25) is 0 Å². The highest BCUT2D eigenvalue weighted by molar-refractivity contribution is 4.90. The van der Waals surface area contributed by atoms with Gasteiger partial charge in [0.05, 0.1) is 44.7 Å². The fraction of sp³-hybridized carbons (Fsp3) is 1.00. The van der Waals surface area contributed by atoms with E-state index in [2.05, 4.69) is 0 Å². The monoisotopic (exact) mass is 456 g/mol. The SMILES string of the molecule is OCC1O[C@H](OC2CC(CO[C@H]3OC(CO)[C@@H](O)CC3O)OCC2O)C(O)C(O)[C@@H]1O. The summed E-state index contributed by atoms with van der Waals surface area (Å²) < 4.78 is 27.3.